The van der Waals surface area contributed by atoms with Crippen LogP contribution in [-0.2, 0) is 11.3 Å². The molecule has 1 N–H and O–H groups in total. The molecule has 0 unspecified atom stereocenters. The Morgan fingerprint density at radius 3 is 3.06 bits per heavy atom. The van der Waals surface area contributed by atoms with E-state index in [0.717, 1.165) is 26.1 Å². The van der Waals surface area contributed by atoms with Gasteiger partial charge in [-0.2, -0.15) is 0 Å². The molecule has 0 spiro atoms. The summed E-state index contributed by atoms with van der Waals surface area (Å²) in [7, 11) is 0. The number of aromatic nitrogens is 2. The van der Waals surface area contributed by atoms with Crippen molar-refractivity contribution in [3.63, 3.8) is 0 Å². The van der Waals surface area contributed by atoms with Crippen molar-refractivity contribution in [3.8, 4) is 0 Å². The van der Waals surface area contributed by atoms with E-state index in [9.17, 15) is 4.79 Å². The molecule has 0 aromatic carbocycles. The van der Waals surface area contributed by atoms with Crippen LogP contribution in [0.2, 0.25) is 0 Å². The van der Waals surface area contributed by atoms with E-state index in [0.29, 0.717) is 12.3 Å². The van der Waals surface area contributed by atoms with Crippen LogP contribution in [0.1, 0.15) is 30.8 Å². The van der Waals surface area contributed by atoms with Crippen molar-refractivity contribution < 1.29 is 9.53 Å². The molecule has 1 rings (SSSR count). The lowest BCUT2D eigenvalue weighted by Crippen LogP contribution is -2.17. The lowest BCUT2D eigenvalue weighted by molar-refractivity contribution is 0.0513. The second-order valence-corrected chi connectivity index (χ2v) is 3.40. The number of hydrogen-bond acceptors (Lipinski definition) is 4. The Morgan fingerprint density at radius 2 is 2.38 bits per heavy atom. The van der Waals surface area contributed by atoms with Gasteiger partial charge in [0.1, 0.15) is 5.69 Å². The maximum Gasteiger partial charge on any atom is 0.356 e. The number of nitrogens with zero attached hydrogens (tertiary/aromatic N) is 2. The highest BCUT2D eigenvalue weighted by molar-refractivity contribution is 5.87. The van der Waals surface area contributed by atoms with Gasteiger partial charge < -0.3 is 14.6 Å². The molecule has 0 aliphatic heterocycles. The summed E-state index contributed by atoms with van der Waals surface area (Å²) in [5, 5.41) is 3.23. The Kier molecular flexibility index (Phi) is 5.56. The molecule has 0 radical (unpaired) electrons. The maximum atomic E-state index is 11.5. The zero-order chi connectivity index (χ0) is 11.8. The van der Waals surface area contributed by atoms with Gasteiger partial charge in [-0.25, -0.2) is 9.78 Å². The van der Waals surface area contributed by atoms with Gasteiger partial charge in [0.05, 0.1) is 19.1 Å². The average molecular weight is 225 g/mol. The number of imidazole rings is 1. The highest BCUT2D eigenvalue weighted by Gasteiger charge is 2.11. The van der Waals surface area contributed by atoms with E-state index in [1.54, 1.807) is 19.4 Å². The van der Waals surface area contributed by atoms with Crippen molar-refractivity contribution in [2.75, 3.05) is 19.7 Å². The summed E-state index contributed by atoms with van der Waals surface area (Å²) in [6.07, 6.45) is 4.18. The summed E-state index contributed by atoms with van der Waals surface area (Å²) in [5.74, 6) is -0.302. The van der Waals surface area contributed by atoms with Crippen LogP contribution in [0.4, 0.5) is 0 Å². The van der Waals surface area contributed by atoms with Crippen LogP contribution in [0, 0.1) is 0 Å². The molecule has 0 bridgehead atoms. The van der Waals surface area contributed by atoms with Crippen molar-refractivity contribution in [2.24, 2.45) is 0 Å². The first-order valence-corrected chi connectivity index (χ1v) is 5.67. The fourth-order valence-corrected chi connectivity index (χ4v) is 1.43. The van der Waals surface area contributed by atoms with E-state index in [2.05, 4.69) is 17.2 Å². The Labute approximate surface area is 95.8 Å². The van der Waals surface area contributed by atoms with Gasteiger partial charge in [-0.1, -0.05) is 6.92 Å². The van der Waals surface area contributed by atoms with Crippen LogP contribution in [0.3, 0.4) is 0 Å². The molecule has 90 valence electrons. The van der Waals surface area contributed by atoms with E-state index in [1.165, 1.54) is 0 Å². The minimum atomic E-state index is -0.302. The Balaban J connectivity index is 2.47. The molecule has 16 heavy (non-hydrogen) atoms. The van der Waals surface area contributed by atoms with E-state index in [1.807, 2.05) is 4.57 Å². The Bertz CT molecular complexity index is 323. The van der Waals surface area contributed by atoms with E-state index >= 15 is 0 Å². The molecule has 0 saturated carbocycles. The molecule has 1 heterocycles. The topological polar surface area (TPSA) is 56.2 Å². The fourth-order valence-electron chi connectivity index (χ4n) is 1.43. The van der Waals surface area contributed by atoms with Gasteiger partial charge in [-0.15, -0.1) is 0 Å². The highest BCUT2D eigenvalue weighted by atomic mass is 16.5. The van der Waals surface area contributed by atoms with Crippen molar-refractivity contribution in [2.45, 2.75) is 26.8 Å². The van der Waals surface area contributed by atoms with E-state index < -0.39 is 0 Å². The molecule has 5 nitrogen and oxygen atoms in total. The summed E-state index contributed by atoms with van der Waals surface area (Å²) >= 11 is 0. The first kappa shape index (κ1) is 12.7. The second kappa shape index (κ2) is 7.00. The lowest BCUT2D eigenvalue weighted by Gasteiger charge is -2.07. The predicted molar refractivity (Wildman–Crippen MR) is 61.3 cm³/mol. The summed E-state index contributed by atoms with van der Waals surface area (Å²) < 4.78 is 6.77. The van der Waals surface area contributed by atoms with Crippen LogP contribution in [0.25, 0.3) is 0 Å². The number of rotatable bonds is 7. The average Bonchev–Trinajstić information content (AvgIpc) is 2.73. The molecule has 0 atom stereocenters. The van der Waals surface area contributed by atoms with Crippen molar-refractivity contribution in [3.05, 3.63) is 18.2 Å². The molecule has 0 amide bonds. The largest absolute Gasteiger partial charge is 0.461 e. The molecule has 0 aliphatic rings. The van der Waals surface area contributed by atoms with Crippen LogP contribution in [-0.4, -0.2) is 35.2 Å². The first-order valence-electron chi connectivity index (χ1n) is 5.67. The normalized spacial score (nSPS) is 10.4. The third kappa shape index (κ3) is 3.66. The second-order valence-electron chi connectivity index (χ2n) is 3.40. The minimum absolute atomic E-state index is 0.302. The number of esters is 1. The maximum absolute atomic E-state index is 11.5. The minimum Gasteiger partial charge on any atom is -0.461 e. The SMILES string of the molecule is CCNCCCn1cncc1C(=O)OCC. The third-order valence-corrected chi connectivity index (χ3v) is 2.20. The summed E-state index contributed by atoms with van der Waals surface area (Å²) in [6, 6.07) is 0. The molecule has 0 saturated heterocycles. The highest BCUT2D eigenvalue weighted by Crippen LogP contribution is 2.02. The van der Waals surface area contributed by atoms with Gasteiger partial charge in [0.2, 0.25) is 0 Å². The fraction of sp³-hybridized carbons (Fsp3) is 0.636. The van der Waals surface area contributed by atoms with Crippen molar-refractivity contribution in [1.82, 2.24) is 14.9 Å². The monoisotopic (exact) mass is 225 g/mol. The van der Waals surface area contributed by atoms with Gasteiger partial charge in [0.15, 0.2) is 0 Å². The van der Waals surface area contributed by atoms with Crippen LogP contribution < -0.4 is 5.32 Å². The van der Waals surface area contributed by atoms with Crippen LogP contribution >= 0.6 is 0 Å². The Hall–Kier alpha value is -1.36. The standard InChI is InChI=1S/C11H19N3O2/c1-3-12-6-5-7-14-9-13-8-10(14)11(15)16-4-2/h8-9,12H,3-7H2,1-2H3. The number of aryl methyl sites for hydroxylation is 1. The molecular formula is C11H19N3O2. The molecular weight excluding hydrogens is 206 g/mol. The van der Waals surface area contributed by atoms with Gasteiger partial charge in [0, 0.05) is 6.54 Å². The zero-order valence-electron chi connectivity index (χ0n) is 9.90. The van der Waals surface area contributed by atoms with E-state index in [4.69, 9.17) is 4.74 Å². The van der Waals surface area contributed by atoms with Crippen molar-refractivity contribution >= 4 is 5.97 Å². The summed E-state index contributed by atoms with van der Waals surface area (Å²) in [5.41, 5.74) is 0.526. The van der Waals surface area contributed by atoms with Gasteiger partial charge in [0.25, 0.3) is 0 Å². The van der Waals surface area contributed by atoms with Crippen LogP contribution in [0.5, 0.6) is 0 Å². The molecule has 0 fully saturated rings. The number of carbonyl (C=O) groups excluding carboxylic acids is 1. The number of hydrogen-bond donors (Lipinski definition) is 1. The van der Waals surface area contributed by atoms with E-state index in [-0.39, 0.29) is 5.97 Å². The summed E-state index contributed by atoms with van der Waals surface area (Å²) in [4.78, 5) is 15.5. The Morgan fingerprint density at radius 1 is 1.56 bits per heavy atom. The number of carbonyl (C=O) groups is 1. The van der Waals surface area contributed by atoms with Crippen molar-refractivity contribution in [1.29, 1.82) is 0 Å². The molecule has 1 aromatic heterocycles. The van der Waals surface area contributed by atoms with Gasteiger partial charge >= 0.3 is 5.97 Å². The quantitative estimate of drug-likeness (QED) is 0.557. The lowest BCUT2D eigenvalue weighted by atomic mass is 10.4. The first-order chi connectivity index (χ1) is 7.79. The molecule has 1 aromatic rings. The number of ether oxygens (including phenoxy) is 1. The van der Waals surface area contributed by atoms with Gasteiger partial charge in [-0.3, -0.25) is 0 Å². The zero-order valence-corrected chi connectivity index (χ0v) is 9.90. The molecule has 0 aliphatic carbocycles. The number of nitrogens with one attached hydrogen (secondary N) is 1. The van der Waals surface area contributed by atoms with Crippen LogP contribution in [0.15, 0.2) is 12.5 Å². The van der Waals surface area contributed by atoms with Gasteiger partial charge in [-0.05, 0) is 26.4 Å². The predicted octanol–water partition coefficient (Wildman–Crippen LogP) is 1.06. The smallest absolute Gasteiger partial charge is 0.356 e. The summed E-state index contributed by atoms with van der Waals surface area (Å²) in [6.45, 7) is 6.94. The third-order valence-electron chi connectivity index (χ3n) is 2.20. The molecule has 5 heteroatoms.